The van der Waals surface area contributed by atoms with Crippen molar-refractivity contribution in [1.82, 2.24) is 20.0 Å². The minimum absolute atomic E-state index is 0.0627. The van der Waals surface area contributed by atoms with Crippen LogP contribution in [0.2, 0.25) is 0 Å². The molecule has 18 heavy (non-hydrogen) atoms. The summed E-state index contributed by atoms with van der Waals surface area (Å²) in [5.74, 6) is 0.282. The molecule has 1 saturated carbocycles. The Labute approximate surface area is 107 Å². The van der Waals surface area contributed by atoms with Gasteiger partial charge in [-0.2, -0.15) is 5.10 Å². The fourth-order valence-corrected chi connectivity index (χ4v) is 2.50. The van der Waals surface area contributed by atoms with E-state index in [2.05, 4.69) is 29.2 Å². The summed E-state index contributed by atoms with van der Waals surface area (Å²) in [5, 5.41) is 6.44. The molecule has 1 aliphatic rings. The second-order valence-corrected chi connectivity index (χ2v) is 5.34. The van der Waals surface area contributed by atoms with E-state index in [1.54, 1.807) is 11.0 Å². The van der Waals surface area contributed by atoms with Crippen LogP contribution in [0, 0.1) is 0 Å². The molecule has 100 valence electrons. The molecule has 6 nitrogen and oxygen atoms in total. The van der Waals surface area contributed by atoms with E-state index < -0.39 is 0 Å². The Hall–Kier alpha value is -1.56. The Morgan fingerprint density at radius 3 is 2.56 bits per heavy atom. The van der Waals surface area contributed by atoms with E-state index in [-0.39, 0.29) is 11.4 Å². The smallest absolute Gasteiger partial charge is 0.271 e. The zero-order chi connectivity index (χ0) is 13.3. The van der Waals surface area contributed by atoms with E-state index in [4.69, 9.17) is 5.73 Å². The molecule has 0 atom stereocenters. The monoisotopic (exact) mass is 251 g/mol. The summed E-state index contributed by atoms with van der Waals surface area (Å²) in [6.45, 7) is 0.734. The van der Waals surface area contributed by atoms with Gasteiger partial charge in [-0.25, -0.2) is 0 Å². The molecule has 1 heterocycles. The van der Waals surface area contributed by atoms with Gasteiger partial charge in [-0.3, -0.25) is 9.89 Å². The highest BCUT2D eigenvalue weighted by Crippen LogP contribution is 2.36. The molecule has 3 N–H and O–H groups in total. The van der Waals surface area contributed by atoms with Crippen LogP contribution >= 0.6 is 0 Å². The van der Waals surface area contributed by atoms with Crippen molar-refractivity contribution >= 4 is 11.7 Å². The van der Waals surface area contributed by atoms with Crippen LogP contribution in [0.1, 0.15) is 29.8 Å². The Balaban J connectivity index is 2.03. The lowest BCUT2D eigenvalue weighted by Crippen LogP contribution is -2.57. The Morgan fingerprint density at radius 2 is 2.17 bits per heavy atom. The molecule has 1 aliphatic carbocycles. The zero-order valence-corrected chi connectivity index (χ0v) is 11.2. The van der Waals surface area contributed by atoms with Crippen molar-refractivity contribution in [3.8, 4) is 0 Å². The lowest BCUT2D eigenvalue weighted by atomic mass is 9.75. The van der Waals surface area contributed by atoms with Crippen molar-refractivity contribution in [2.75, 3.05) is 33.4 Å². The lowest BCUT2D eigenvalue weighted by Gasteiger charge is -2.49. The van der Waals surface area contributed by atoms with Gasteiger partial charge in [0.05, 0.1) is 0 Å². The number of anilines is 1. The summed E-state index contributed by atoms with van der Waals surface area (Å²) >= 11 is 0. The SMILES string of the molecule is CN(CC1(N(C)C)CCC1)C(=O)c1cc(N)n[nH]1. The number of aromatic nitrogens is 2. The summed E-state index contributed by atoms with van der Waals surface area (Å²) in [4.78, 5) is 16.1. The van der Waals surface area contributed by atoms with Crippen molar-refractivity contribution in [2.24, 2.45) is 0 Å². The maximum atomic E-state index is 12.2. The van der Waals surface area contributed by atoms with Crippen LogP contribution in [0.25, 0.3) is 0 Å². The van der Waals surface area contributed by atoms with Crippen LogP contribution in [0.4, 0.5) is 5.82 Å². The van der Waals surface area contributed by atoms with E-state index in [9.17, 15) is 4.79 Å². The first-order valence-electron chi connectivity index (χ1n) is 6.18. The third-order valence-corrected chi connectivity index (χ3v) is 3.94. The molecule has 0 spiro atoms. The Morgan fingerprint density at radius 1 is 1.50 bits per heavy atom. The number of hydrogen-bond donors (Lipinski definition) is 2. The van der Waals surface area contributed by atoms with Crippen LogP contribution < -0.4 is 5.73 Å². The highest BCUT2D eigenvalue weighted by Gasteiger charge is 2.40. The van der Waals surface area contributed by atoms with Crippen LogP contribution in [0.3, 0.4) is 0 Å². The fraction of sp³-hybridized carbons (Fsp3) is 0.667. The Kier molecular flexibility index (Phi) is 3.30. The predicted molar refractivity (Wildman–Crippen MR) is 70.2 cm³/mol. The number of nitrogens with zero attached hydrogens (tertiary/aromatic N) is 3. The molecule has 0 aliphatic heterocycles. The first-order chi connectivity index (χ1) is 8.44. The maximum Gasteiger partial charge on any atom is 0.271 e. The molecule has 0 saturated heterocycles. The fourth-order valence-electron chi connectivity index (χ4n) is 2.50. The summed E-state index contributed by atoms with van der Waals surface area (Å²) in [7, 11) is 5.97. The quantitative estimate of drug-likeness (QED) is 0.819. The summed E-state index contributed by atoms with van der Waals surface area (Å²) in [6.07, 6.45) is 3.52. The van der Waals surface area contributed by atoms with Gasteiger partial charge in [0.15, 0.2) is 0 Å². The van der Waals surface area contributed by atoms with E-state index in [1.165, 1.54) is 6.42 Å². The van der Waals surface area contributed by atoms with Gasteiger partial charge in [0, 0.05) is 25.2 Å². The number of nitrogens with one attached hydrogen (secondary N) is 1. The highest BCUT2D eigenvalue weighted by molar-refractivity contribution is 5.92. The van der Waals surface area contributed by atoms with Crippen LogP contribution in [0.15, 0.2) is 6.07 Å². The largest absolute Gasteiger partial charge is 0.382 e. The molecular weight excluding hydrogens is 230 g/mol. The van der Waals surface area contributed by atoms with E-state index in [0.29, 0.717) is 11.5 Å². The van der Waals surface area contributed by atoms with Crippen LogP contribution in [-0.2, 0) is 0 Å². The molecule has 6 heteroatoms. The molecule has 0 radical (unpaired) electrons. The van der Waals surface area contributed by atoms with Gasteiger partial charge in [-0.1, -0.05) is 0 Å². The second-order valence-electron chi connectivity index (χ2n) is 5.34. The number of H-pyrrole nitrogens is 1. The van der Waals surface area contributed by atoms with E-state index in [1.807, 2.05) is 7.05 Å². The Bertz CT molecular complexity index is 435. The maximum absolute atomic E-state index is 12.2. The van der Waals surface area contributed by atoms with E-state index in [0.717, 1.165) is 19.4 Å². The molecule has 1 fully saturated rings. The third-order valence-electron chi connectivity index (χ3n) is 3.94. The molecule has 0 unspecified atom stereocenters. The van der Waals surface area contributed by atoms with Crippen molar-refractivity contribution in [3.05, 3.63) is 11.8 Å². The number of carbonyl (C=O) groups excluding carboxylic acids is 1. The molecule has 0 bridgehead atoms. The summed E-state index contributed by atoms with van der Waals surface area (Å²) in [5.41, 5.74) is 6.09. The van der Waals surface area contributed by atoms with Gasteiger partial charge in [0.1, 0.15) is 11.5 Å². The van der Waals surface area contributed by atoms with Gasteiger partial charge in [0.25, 0.3) is 5.91 Å². The summed E-state index contributed by atoms with van der Waals surface area (Å²) < 4.78 is 0. The number of hydrogen-bond acceptors (Lipinski definition) is 4. The van der Waals surface area contributed by atoms with Crippen molar-refractivity contribution in [1.29, 1.82) is 0 Å². The van der Waals surface area contributed by atoms with Gasteiger partial charge in [-0.05, 0) is 33.4 Å². The number of amides is 1. The lowest BCUT2D eigenvalue weighted by molar-refractivity contribution is 0.0250. The van der Waals surface area contributed by atoms with Crippen molar-refractivity contribution in [3.63, 3.8) is 0 Å². The van der Waals surface area contributed by atoms with Gasteiger partial charge in [0.2, 0.25) is 0 Å². The standard InChI is InChI=1S/C12H21N5O/c1-16(2)12(5-4-6-12)8-17(3)11(18)9-7-10(13)15-14-9/h7H,4-6,8H2,1-3H3,(H3,13,14,15). The number of rotatable bonds is 4. The third kappa shape index (κ3) is 2.20. The highest BCUT2D eigenvalue weighted by atomic mass is 16.2. The van der Waals surface area contributed by atoms with Crippen LogP contribution in [-0.4, -0.2) is 59.1 Å². The summed E-state index contributed by atoms with van der Waals surface area (Å²) in [6, 6.07) is 1.57. The number of carbonyl (C=O) groups is 1. The number of likely N-dealkylation sites (N-methyl/N-ethyl adjacent to an activating group) is 2. The molecule has 1 aromatic rings. The normalized spacial score (nSPS) is 17.6. The number of aromatic amines is 1. The minimum Gasteiger partial charge on any atom is -0.382 e. The average molecular weight is 251 g/mol. The van der Waals surface area contributed by atoms with Crippen molar-refractivity contribution < 1.29 is 4.79 Å². The molecular formula is C12H21N5O. The first kappa shape index (κ1) is 12.9. The van der Waals surface area contributed by atoms with Gasteiger partial charge in [-0.15, -0.1) is 0 Å². The minimum atomic E-state index is -0.0627. The van der Waals surface area contributed by atoms with Crippen LogP contribution in [0.5, 0.6) is 0 Å². The first-order valence-corrected chi connectivity index (χ1v) is 6.18. The molecule has 1 aromatic heterocycles. The second kappa shape index (κ2) is 4.61. The molecule has 0 aromatic carbocycles. The topological polar surface area (TPSA) is 78.2 Å². The number of nitrogens with two attached hydrogens (primary N) is 1. The van der Waals surface area contributed by atoms with Gasteiger partial charge < -0.3 is 15.5 Å². The average Bonchev–Trinajstić information content (AvgIpc) is 2.68. The van der Waals surface area contributed by atoms with E-state index >= 15 is 0 Å². The predicted octanol–water partition coefficient (Wildman–Crippen LogP) is 0.548. The molecule has 2 rings (SSSR count). The van der Waals surface area contributed by atoms with Gasteiger partial charge >= 0.3 is 0 Å². The zero-order valence-electron chi connectivity index (χ0n) is 11.2. The molecule has 1 amide bonds. The van der Waals surface area contributed by atoms with Crippen molar-refractivity contribution in [2.45, 2.75) is 24.8 Å². The number of nitrogen functional groups attached to an aromatic ring is 1.